The zero-order valence-electron chi connectivity index (χ0n) is 12.3. The molecule has 0 fully saturated rings. The lowest BCUT2D eigenvalue weighted by molar-refractivity contribution is 0.379. The number of aromatic nitrogens is 3. The third-order valence-corrected chi connectivity index (χ3v) is 3.14. The molecular weight excluding hydrogens is 256 g/mol. The van der Waals surface area contributed by atoms with Crippen LogP contribution in [0.25, 0.3) is 11.4 Å². The summed E-state index contributed by atoms with van der Waals surface area (Å²) in [6.45, 7) is 4.05. The number of nitrogens with one attached hydrogen (secondary N) is 1. The fourth-order valence-corrected chi connectivity index (χ4v) is 1.91. The van der Waals surface area contributed by atoms with E-state index in [0.29, 0.717) is 11.8 Å². The number of hydrogen-bond donors (Lipinski definition) is 1. The third kappa shape index (κ3) is 2.49. The summed E-state index contributed by atoms with van der Waals surface area (Å²) in [5, 5.41) is 2.89. The molecular formula is C14H18N4O2. The number of nitrogens with zero attached hydrogens (tertiary/aromatic N) is 3. The molecule has 1 N–H and O–H groups in total. The first-order valence-electron chi connectivity index (χ1n) is 6.23. The Kier molecular flexibility index (Phi) is 4.02. The normalized spacial score (nSPS) is 10.2. The van der Waals surface area contributed by atoms with Crippen molar-refractivity contribution in [2.45, 2.75) is 13.8 Å². The lowest BCUT2D eigenvalue weighted by Crippen LogP contribution is -2.04. The Morgan fingerprint density at radius 1 is 1.00 bits per heavy atom. The van der Waals surface area contributed by atoms with Gasteiger partial charge in [-0.15, -0.1) is 0 Å². The summed E-state index contributed by atoms with van der Waals surface area (Å²) in [4.78, 5) is 12.7. The van der Waals surface area contributed by atoms with Gasteiger partial charge in [-0.25, -0.2) is 0 Å². The van der Waals surface area contributed by atoms with Crippen LogP contribution in [0.4, 0.5) is 5.95 Å². The molecule has 1 heterocycles. The topological polar surface area (TPSA) is 69.2 Å². The van der Waals surface area contributed by atoms with Crippen molar-refractivity contribution in [2.75, 3.05) is 26.6 Å². The van der Waals surface area contributed by atoms with E-state index in [1.807, 2.05) is 26.0 Å². The lowest BCUT2D eigenvalue weighted by Gasteiger charge is -2.13. The highest BCUT2D eigenvalue weighted by Crippen LogP contribution is 2.33. The highest BCUT2D eigenvalue weighted by atomic mass is 16.5. The Morgan fingerprint density at radius 3 is 2.35 bits per heavy atom. The van der Waals surface area contributed by atoms with E-state index in [4.69, 9.17) is 9.47 Å². The van der Waals surface area contributed by atoms with Crippen molar-refractivity contribution in [3.63, 3.8) is 0 Å². The molecule has 0 atom stereocenters. The molecule has 0 amide bonds. The van der Waals surface area contributed by atoms with Gasteiger partial charge in [-0.3, -0.25) is 0 Å². The minimum atomic E-state index is 0.264. The molecule has 0 saturated heterocycles. The molecule has 0 saturated carbocycles. The van der Waals surface area contributed by atoms with Crippen LogP contribution in [0.15, 0.2) is 12.1 Å². The van der Waals surface area contributed by atoms with Crippen LogP contribution in [0.3, 0.4) is 0 Å². The number of ether oxygens (including phenoxy) is 2. The Hall–Kier alpha value is -2.37. The van der Waals surface area contributed by atoms with E-state index in [-0.39, 0.29) is 6.01 Å². The zero-order valence-corrected chi connectivity index (χ0v) is 12.3. The van der Waals surface area contributed by atoms with Gasteiger partial charge in [0.05, 0.1) is 19.8 Å². The van der Waals surface area contributed by atoms with Gasteiger partial charge in [-0.2, -0.15) is 15.0 Å². The molecule has 0 aliphatic heterocycles. The monoisotopic (exact) mass is 274 g/mol. The van der Waals surface area contributed by atoms with Gasteiger partial charge in [0.15, 0.2) is 5.82 Å². The van der Waals surface area contributed by atoms with Crippen molar-refractivity contribution in [2.24, 2.45) is 0 Å². The highest BCUT2D eigenvalue weighted by molar-refractivity contribution is 5.68. The standard InChI is InChI=1S/C14H18N4O2/c1-8-6-7-10(11(19-4)9(8)2)12-16-13(15-3)18-14(17-12)20-5/h6-7H,1-5H3,(H,15,16,17,18). The molecule has 106 valence electrons. The maximum atomic E-state index is 5.50. The summed E-state index contributed by atoms with van der Waals surface area (Å²) >= 11 is 0. The second-order valence-electron chi connectivity index (χ2n) is 4.31. The average molecular weight is 274 g/mol. The van der Waals surface area contributed by atoms with Gasteiger partial charge in [-0.05, 0) is 31.0 Å². The van der Waals surface area contributed by atoms with Gasteiger partial charge in [0.25, 0.3) is 0 Å². The first kappa shape index (κ1) is 14.0. The second kappa shape index (κ2) is 5.73. The third-order valence-electron chi connectivity index (χ3n) is 3.14. The molecule has 2 rings (SSSR count). The molecule has 6 heteroatoms. The number of aryl methyl sites for hydroxylation is 1. The van der Waals surface area contributed by atoms with Crippen LogP contribution in [0.1, 0.15) is 11.1 Å². The van der Waals surface area contributed by atoms with Crippen LogP contribution in [0.2, 0.25) is 0 Å². The molecule has 0 bridgehead atoms. The Bertz CT molecular complexity index is 607. The Balaban J connectivity index is 2.64. The summed E-state index contributed by atoms with van der Waals surface area (Å²) in [5.41, 5.74) is 3.03. The van der Waals surface area contributed by atoms with E-state index in [9.17, 15) is 0 Å². The van der Waals surface area contributed by atoms with Crippen LogP contribution in [0, 0.1) is 13.8 Å². The van der Waals surface area contributed by atoms with E-state index >= 15 is 0 Å². The molecule has 0 spiro atoms. The molecule has 1 aromatic heterocycles. The number of methoxy groups -OCH3 is 2. The minimum absolute atomic E-state index is 0.264. The number of benzene rings is 1. The maximum absolute atomic E-state index is 5.50. The van der Waals surface area contributed by atoms with Crippen molar-refractivity contribution in [1.82, 2.24) is 15.0 Å². The molecule has 0 unspecified atom stereocenters. The summed E-state index contributed by atoms with van der Waals surface area (Å²) in [5.74, 6) is 1.73. The summed E-state index contributed by atoms with van der Waals surface area (Å²) in [6.07, 6.45) is 0. The molecule has 20 heavy (non-hydrogen) atoms. The quantitative estimate of drug-likeness (QED) is 0.922. The predicted octanol–water partition coefficient (Wildman–Crippen LogP) is 2.21. The fraction of sp³-hybridized carbons (Fsp3) is 0.357. The summed E-state index contributed by atoms with van der Waals surface area (Å²) in [7, 11) is 4.91. The number of hydrogen-bond acceptors (Lipinski definition) is 6. The van der Waals surface area contributed by atoms with Crippen LogP contribution in [0.5, 0.6) is 11.8 Å². The Labute approximate surface area is 118 Å². The van der Waals surface area contributed by atoms with E-state index in [2.05, 4.69) is 20.3 Å². The van der Waals surface area contributed by atoms with Crippen molar-refractivity contribution in [3.8, 4) is 23.1 Å². The summed E-state index contributed by atoms with van der Waals surface area (Å²) < 4.78 is 10.6. The smallest absolute Gasteiger partial charge is 0.321 e. The van der Waals surface area contributed by atoms with Crippen molar-refractivity contribution in [3.05, 3.63) is 23.3 Å². The first-order valence-corrected chi connectivity index (χ1v) is 6.23. The van der Waals surface area contributed by atoms with Gasteiger partial charge < -0.3 is 14.8 Å². The number of anilines is 1. The van der Waals surface area contributed by atoms with Gasteiger partial charge >= 0.3 is 6.01 Å². The predicted molar refractivity (Wildman–Crippen MR) is 77.4 cm³/mol. The van der Waals surface area contributed by atoms with Crippen LogP contribution in [-0.4, -0.2) is 36.2 Å². The molecule has 1 aromatic carbocycles. The first-order chi connectivity index (χ1) is 9.60. The van der Waals surface area contributed by atoms with E-state index in [0.717, 1.165) is 22.4 Å². The van der Waals surface area contributed by atoms with Crippen LogP contribution < -0.4 is 14.8 Å². The maximum Gasteiger partial charge on any atom is 0.321 e. The number of rotatable bonds is 4. The van der Waals surface area contributed by atoms with E-state index in [1.54, 1.807) is 14.2 Å². The molecule has 0 aliphatic carbocycles. The molecule has 0 radical (unpaired) electrons. The highest BCUT2D eigenvalue weighted by Gasteiger charge is 2.15. The SMILES string of the molecule is CNc1nc(OC)nc(-c2ccc(C)c(C)c2OC)n1. The van der Waals surface area contributed by atoms with Crippen LogP contribution in [-0.2, 0) is 0 Å². The minimum Gasteiger partial charge on any atom is -0.496 e. The molecule has 6 nitrogen and oxygen atoms in total. The van der Waals surface area contributed by atoms with Crippen molar-refractivity contribution in [1.29, 1.82) is 0 Å². The molecule has 0 aliphatic rings. The largest absolute Gasteiger partial charge is 0.496 e. The second-order valence-corrected chi connectivity index (χ2v) is 4.31. The van der Waals surface area contributed by atoms with Gasteiger partial charge in [0.2, 0.25) is 5.95 Å². The van der Waals surface area contributed by atoms with E-state index < -0.39 is 0 Å². The fourth-order valence-electron chi connectivity index (χ4n) is 1.91. The van der Waals surface area contributed by atoms with Gasteiger partial charge in [-0.1, -0.05) is 6.07 Å². The average Bonchev–Trinajstić information content (AvgIpc) is 2.49. The lowest BCUT2D eigenvalue weighted by atomic mass is 10.0. The summed E-state index contributed by atoms with van der Waals surface area (Å²) in [6, 6.07) is 4.22. The van der Waals surface area contributed by atoms with Crippen molar-refractivity contribution >= 4 is 5.95 Å². The molecule has 2 aromatic rings. The Morgan fingerprint density at radius 2 is 1.75 bits per heavy atom. The van der Waals surface area contributed by atoms with Crippen molar-refractivity contribution < 1.29 is 9.47 Å². The van der Waals surface area contributed by atoms with Gasteiger partial charge in [0.1, 0.15) is 5.75 Å². The zero-order chi connectivity index (χ0) is 14.7. The van der Waals surface area contributed by atoms with Gasteiger partial charge in [0, 0.05) is 7.05 Å². The van der Waals surface area contributed by atoms with E-state index in [1.165, 1.54) is 7.11 Å². The van der Waals surface area contributed by atoms with Crippen LogP contribution >= 0.6 is 0 Å².